The molecule has 1 unspecified atom stereocenters. The molecule has 0 bridgehead atoms. The SMILES string of the molecule is O=C(O)CC1=CSC(SCC(=O)NC[C@H]2CN(Cc3ccc(F)cc3F)CCO2)N1. The number of carbonyl (C=O) groups is 2. The molecule has 1 aromatic carbocycles. The number of thioether (sulfide) groups is 2. The van der Waals surface area contributed by atoms with Crippen molar-refractivity contribution in [3.05, 3.63) is 46.5 Å². The molecule has 2 aliphatic rings. The van der Waals surface area contributed by atoms with Crippen LogP contribution in [0.15, 0.2) is 29.3 Å². The molecule has 0 aromatic heterocycles. The van der Waals surface area contributed by atoms with E-state index in [2.05, 4.69) is 10.6 Å². The lowest BCUT2D eigenvalue weighted by molar-refractivity contribution is -0.136. The second-order valence-corrected chi connectivity index (χ2v) is 9.28. The van der Waals surface area contributed by atoms with Gasteiger partial charge in [0.05, 0.1) is 24.9 Å². The van der Waals surface area contributed by atoms with Gasteiger partial charge < -0.3 is 20.5 Å². The van der Waals surface area contributed by atoms with Crippen molar-refractivity contribution in [3.8, 4) is 0 Å². The normalized spacial score (nSPS) is 21.7. The molecule has 0 radical (unpaired) electrons. The average Bonchev–Trinajstić information content (AvgIpc) is 3.14. The predicted molar refractivity (Wildman–Crippen MR) is 112 cm³/mol. The molecule has 0 saturated carbocycles. The number of ether oxygens (including phenoxy) is 1. The maximum Gasteiger partial charge on any atom is 0.309 e. The van der Waals surface area contributed by atoms with Crippen LogP contribution in [-0.2, 0) is 20.9 Å². The number of halogens is 2. The van der Waals surface area contributed by atoms with Crippen LogP contribution in [0.2, 0.25) is 0 Å². The Kier molecular flexibility index (Phi) is 8.37. The number of rotatable bonds is 9. The molecule has 1 saturated heterocycles. The van der Waals surface area contributed by atoms with Gasteiger partial charge in [-0.25, -0.2) is 8.78 Å². The molecule has 1 amide bonds. The summed E-state index contributed by atoms with van der Waals surface area (Å²) in [6, 6.07) is 3.56. The Bertz CT molecular complexity index is 812. The molecule has 1 fully saturated rings. The molecule has 3 rings (SSSR count). The van der Waals surface area contributed by atoms with Crippen LogP contribution in [0.25, 0.3) is 0 Å². The van der Waals surface area contributed by atoms with Crippen molar-refractivity contribution < 1.29 is 28.2 Å². The zero-order valence-electron chi connectivity index (χ0n) is 16.1. The molecule has 164 valence electrons. The maximum atomic E-state index is 13.9. The molecule has 0 aliphatic carbocycles. The minimum atomic E-state index is -0.901. The van der Waals surface area contributed by atoms with Gasteiger partial charge in [-0.05, 0) is 11.5 Å². The van der Waals surface area contributed by atoms with E-state index in [1.54, 1.807) is 5.41 Å². The van der Waals surface area contributed by atoms with E-state index in [9.17, 15) is 18.4 Å². The van der Waals surface area contributed by atoms with Gasteiger partial charge in [0.2, 0.25) is 5.91 Å². The van der Waals surface area contributed by atoms with Gasteiger partial charge in [-0.3, -0.25) is 14.5 Å². The Morgan fingerprint density at radius 2 is 2.23 bits per heavy atom. The van der Waals surface area contributed by atoms with Crippen molar-refractivity contribution in [2.45, 2.75) is 23.8 Å². The molecular formula is C19H23F2N3O4S2. The number of carboxylic acids is 1. The Hall–Kier alpha value is -1.82. The number of carbonyl (C=O) groups excluding carboxylic acids is 1. The number of aliphatic carboxylic acids is 1. The zero-order chi connectivity index (χ0) is 21.5. The van der Waals surface area contributed by atoms with Gasteiger partial charge in [0, 0.05) is 43.5 Å². The molecule has 2 aliphatic heterocycles. The number of morpholine rings is 1. The van der Waals surface area contributed by atoms with Crippen LogP contribution in [0.3, 0.4) is 0 Å². The molecule has 3 N–H and O–H groups in total. The lowest BCUT2D eigenvalue weighted by Crippen LogP contribution is -2.47. The second-order valence-electron chi connectivity index (χ2n) is 6.90. The summed E-state index contributed by atoms with van der Waals surface area (Å²) in [6.07, 6.45) is -0.271. The van der Waals surface area contributed by atoms with Gasteiger partial charge >= 0.3 is 5.97 Å². The highest BCUT2D eigenvalue weighted by molar-refractivity contribution is 8.18. The van der Waals surface area contributed by atoms with Crippen LogP contribution in [0.1, 0.15) is 12.0 Å². The third kappa shape index (κ3) is 7.15. The topological polar surface area (TPSA) is 90.9 Å². The van der Waals surface area contributed by atoms with Crippen molar-refractivity contribution in [2.75, 3.05) is 32.0 Å². The third-order valence-corrected chi connectivity index (χ3v) is 6.88. The van der Waals surface area contributed by atoms with Crippen molar-refractivity contribution in [3.63, 3.8) is 0 Å². The van der Waals surface area contributed by atoms with Crippen LogP contribution < -0.4 is 10.6 Å². The Morgan fingerprint density at radius 3 is 3.00 bits per heavy atom. The van der Waals surface area contributed by atoms with Crippen molar-refractivity contribution in [1.29, 1.82) is 0 Å². The fourth-order valence-electron chi connectivity index (χ4n) is 3.07. The number of benzene rings is 1. The summed E-state index contributed by atoms with van der Waals surface area (Å²) in [5.74, 6) is -1.98. The maximum absolute atomic E-state index is 13.9. The van der Waals surface area contributed by atoms with E-state index in [-0.39, 0.29) is 28.9 Å². The quantitative estimate of drug-likeness (QED) is 0.516. The number of hydrogen-bond acceptors (Lipinski definition) is 7. The lowest BCUT2D eigenvalue weighted by atomic mass is 10.1. The molecule has 30 heavy (non-hydrogen) atoms. The van der Waals surface area contributed by atoms with E-state index in [1.165, 1.54) is 35.7 Å². The van der Waals surface area contributed by atoms with Crippen molar-refractivity contribution in [1.82, 2.24) is 15.5 Å². The highest BCUT2D eigenvalue weighted by Gasteiger charge is 2.23. The van der Waals surface area contributed by atoms with Gasteiger partial charge in [-0.15, -0.1) is 11.8 Å². The van der Waals surface area contributed by atoms with E-state index < -0.39 is 17.6 Å². The van der Waals surface area contributed by atoms with E-state index >= 15 is 0 Å². The van der Waals surface area contributed by atoms with Gasteiger partial charge in [-0.1, -0.05) is 17.8 Å². The number of amides is 1. The van der Waals surface area contributed by atoms with Crippen LogP contribution in [0.5, 0.6) is 0 Å². The summed E-state index contributed by atoms with van der Waals surface area (Å²) in [6.45, 7) is 2.33. The molecule has 7 nitrogen and oxygen atoms in total. The highest BCUT2D eigenvalue weighted by atomic mass is 32.2. The van der Waals surface area contributed by atoms with Crippen LogP contribution in [-0.4, -0.2) is 64.7 Å². The minimum Gasteiger partial charge on any atom is -0.481 e. The van der Waals surface area contributed by atoms with Crippen molar-refractivity contribution in [2.24, 2.45) is 0 Å². The second kappa shape index (κ2) is 11.0. The van der Waals surface area contributed by atoms with Crippen LogP contribution >= 0.6 is 23.5 Å². The van der Waals surface area contributed by atoms with Gasteiger partial charge in [0.1, 0.15) is 16.3 Å². The minimum absolute atomic E-state index is 0.0619. The summed E-state index contributed by atoms with van der Waals surface area (Å²) in [5.41, 5.74) is 1.06. The first-order valence-corrected chi connectivity index (χ1v) is 11.4. The van der Waals surface area contributed by atoms with Gasteiger partial charge in [0.25, 0.3) is 0 Å². The van der Waals surface area contributed by atoms with E-state index in [0.717, 1.165) is 6.07 Å². The summed E-state index contributed by atoms with van der Waals surface area (Å²) in [7, 11) is 0. The van der Waals surface area contributed by atoms with Crippen molar-refractivity contribution >= 4 is 35.4 Å². The largest absolute Gasteiger partial charge is 0.481 e. The smallest absolute Gasteiger partial charge is 0.309 e. The summed E-state index contributed by atoms with van der Waals surface area (Å²) in [4.78, 5) is 24.8. The summed E-state index contributed by atoms with van der Waals surface area (Å²) < 4.78 is 32.5. The first-order chi connectivity index (χ1) is 14.4. The number of nitrogens with one attached hydrogen (secondary N) is 2. The van der Waals surface area contributed by atoms with Crippen LogP contribution in [0, 0.1) is 11.6 Å². The predicted octanol–water partition coefficient (Wildman–Crippen LogP) is 1.95. The number of hydrogen-bond donors (Lipinski definition) is 3. The van der Waals surface area contributed by atoms with E-state index in [4.69, 9.17) is 9.84 Å². The Morgan fingerprint density at radius 1 is 1.40 bits per heavy atom. The molecular weight excluding hydrogens is 436 g/mol. The van der Waals surface area contributed by atoms with Gasteiger partial charge in [0.15, 0.2) is 0 Å². The first-order valence-electron chi connectivity index (χ1n) is 9.38. The van der Waals surface area contributed by atoms with Gasteiger partial charge in [-0.2, -0.15) is 0 Å². The highest BCUT2D eigenvalue weighted by Crippen LogP contribution is 2.30. The van der Waals surface area contributed by atoms with E-state index in [1.807, 2.05) is 4.90 Å². The Balaban J connectivity index is 1.35. The monoisotopic (exact) mass is 459 g/mol. The number of carboxylic acid groups (broad SMARTS) is 1. The zero-order valence-corrected chi connectivity index (χ0v) is 17.7. The molecule has 2 atom stereocenters. The molecule has 11 heteroatoms. The average molecular weight is 460 g/mol. The molecule has 2 heterocycles. The summed E-state index contributed by atoms with van der Waals surface area (Å²) >= 11 is 2.83. The molecule has 0 spiro atoms. The fourth-order valence-corrected chi connectivity index (χ4v) is 5.05. The van der Waals surface area contributed by atoms with Crippen LogP contribution in [0.4, 0.5) is 8.78 Å². The van der Waals surface area contributed by atoms with E-state index in [0.29, 0.717) is 44.0 Å². The standard InChI is InChI=1S/C19H23F2N3O4S2/c20-13-2-1-12(16(21)5-13)8-24-3-4-28-15(9-24)7-22-17(25)11-30-19-23-14(10-29-19)6-18(26)27/h1-2,5,10,15,19,23H,3-4,6-9,11H2,(H,22,25)(H,26,27)/t15-,19?/m0/s1. The first kappa shape index (κ1) is 22.9. The fraction of sp³-hybridized carbons (Fsp3) is 0.474. The summed E-state index contributed by atoms with van der Waals surface area (Å²) in [5, 5.41) is 16.5. The molecule has 1 aromatic rings. The Labute approximate surface area is 181 Å². The third-order valence-electron chi connectivity index (χ3n) is 4.50. The lowest BCUT2D eigenvalue weighted by Gasteiger charge is -2.33. The number of nitrogens with zero attached hydrogens (tertiary/aromatic N) is 1.